The fourth-order valence-corrected chi connectivity index (χ4v) is 19.5. The summed E-state index contributed by atoms with van der Waals surface area (Å²) in [7, 11) is 0. The highest BCUT2D eigenvalue weighted by molar-refractivity contribution is 6.16. The zero-order chi connectivity index (χ0) is 90.6. The van der Waals surface area contributed by atoms with Crippen molar-refractivity contribution in [1.29, 1.82) is 0 Å². The maximum Gasteiger partial charge on any atom is 0.242 e. The second-order valence-electron chi connectivity index (χ2n) is 32.9. The van der Waals surface area contributed by atoms with Crippen LogP contribution in [0.3, 0.4) is 0 Å². The summed E-state index contributed by atoms with van der Waals surface area (Å²) in [4.78, 5) is 118. The highest BCUT2D eigenvalue weighted by Gasteiger charge is 2.30. The van der Waals surface area contributed by atoms with Crippen LogP contribution >= 0.6 is 0 Å². The summed E-state index contributed by atoms with van der Waals surface area (Å²) in [5, 5.41) is 20.5. The molecule has 30 rings (SSSR count). The van der Waals surface area contributed by atoms with Crippen molar-refractivity contribution >= 4 is 197 Å². The molecule has 0 bridgehead atoms. The maximum absolute atomic E-state index is 5.16. The van der Waals surface area contributed by atoms with Gasteiger partial charge < -0.3 is 0 Å². The molecule has 30 nitrogen and oxygen atoms in total. The molecule has 0 atom stereocenters. The van der Waals surface area contributed by atoms with Gasteiger partial charge in [-0.15, -0.1) is 0 Å². The molecular weight excluding hydrogens is 1720 g/mol. The average Bonchev–Trinajstić information content (AvgIpc) is 1.61. The third-order valence-electron chi connectivity index (χ3n) is 25.3. The zero-order valence-corrected chi connectivity index (χ0v) is 72.1. The van der Waals surface area contributed by atoms with Gasteiger partial charge in [0.2, 0.25) is 35.7 Å². The van der Waals surface area contributed by atoms with Gasteiger partial charge >= 0.3 is 0 Å². The monoisotopic (exact) mass is 1780 g/mol. The first kappa shape index (κ1) is 76.8. The van der Waals surface area contributed by atoms with Crippen LogP contribution in [-0.4, -0.2) is 147 Å². The van der Waals surface area contributed by atoms with Gasteiger partial charge in [-0.1, -0.05) is 97.1 Å². The third kappa shape index (κ3) is 12.0. The molecule has 0 aliphatic carbocycles. The molecule has 0 saturated heterocycles. The van der Waals surface area contributed by atoms with E-state index in [1.54, 1.807) is 74.4 Å². The van der Waals surface area contributed by atoms with Crippen LogP contribution < -0.4 is 0 Å². The van der Waals surface area contributed by atoms with E-state index < -0.39 is 0 Å². The average molecular weight is 1780 g/mol. The largest absolute Gasteiger partial charge is 0.256 e. The number of aromatic nitrogens is 30. The van der Waals surface area contributed by atoms with E-state index in [1.807, 2.05) is 246 Å². The second-order valence-corrected chi connectivity index (χ2v) is 32.9. The quantitative estimate of drug-likeness (QED) is 0.121. The number of benzene rings is 6. The van der Waals surface area contributed by atoms with Crippen molar-refractivity contribution in [3.8, 4) is 69.9 Å². The van der Waals surface area contributed by atoms with E-state index in [2.05, 4.69) is 72.8 Å². The summed E-state index contributed by atoms with van der Waals surface area (Å²) in [6.07, 6.45) is 26.7. The summed E-state index contributed by atoms with van der Waals surface area (Å²) in [5.74, 6) is 3.76. The van der Waals surface area contributed by atoms with E-state index in [0.29, 0.717) is 121 Å². The van der Waals surface area contributed by atoms with E-state index in [0.717, 1.165) is 146 Å². The minimum absolute atomic E-state index is 0.379. The van der Waals surface area contributed by atoms with E-state index in [9.17, 15) is 0 Å². The van der Waals surface area contributed by atoms with Gasteiger partial charge in [0, 0.05) is 207 Å². The van der Waals surface area contributed by atoms with E-state index in [1.165, 1.54) is 0 Å². The van der Waals surface area contributed by atoms with Crippen LogP contribution in [0.1, 0.15) is 0 Å². The van der Waals surface area contributed by atoms with Crippen molar-refractivity contribution in [2.75, 3.05) is 0 Å². The number of hydrogen-bond donors (Lipinski definition) is 0. The van der Waals surface area contributed by atoms with Gasteiger partial charge in [0.1, 0.15) is 67.8 Å². The Hall–Kier alpha value is -20.0. The molecule has 0 radical (unpaired) electrons. The Labute approximate surface area is 775 Å². The molecule has 138 heavy (non-hydrogen) atoms. The topological polar surface area (TPSA) is 339 Å². The Morgan fingerprint density at radius 2 is 0.348 bits per heavy atom. The molecule has 0 spiro atoms. The van der Waals surface area contributed by atoms with Gasteiger partial charge in [-0.25, -0.2) is 87.2 Å². The predicted molar refractivity (Wildman–Crippen MR) is 534 cm³/mol. The molecule has 0 aliphatic heterocycles. The first-order valence-corrected chi connectivity index (χ1v) is 44.3. The summed E-state index contributed by atoms with van der Waals surface area (Å²) in [5.41, 5.74) is 13.6. The van der Waals surface area contributed by atoms with Crippen molar-refractivity contribution < 1.29 is 0 Å². The summed E-state index contributed by atoms with van der Waals surface area (Å²) in [6.45, 7) is 0. The lowest BCUT2D eigenvalue weighted by Gasteiger charge is -2.13. The minimum Gasteiger partial charge on any atom is -0.256 e. The Morgan fingerprint density at radius 3 is 0.681 bits per heavy atom. The number of nitrogens with zero attached hydrogens (tertiary/aromatic N) is 30. The highest BCUT2D eigenvalue weighted by Crippen LogP contribution is 2.42. The number of hydrogen-bond acceptors (Lipinski definition) is 24. The van der Waals surface area contributed by atoms with Gasteiger partial charge in [0.15, 0.2) is 17.5 Å². The fourth-order valence-electron chi connectivity index (χ4n) is 19.5. The molecule has 0 saturated carbocycles. The minimum atomic E-state index is 0.379. The lowest BCUT2D eigenvalue weighted by atomic mass is 10.00. The predicted octanol–water partition coefficient (Wildman–Crippen LogP) is 21.0. The smallest absolute Gasteiger partial charge is 0.242 e. The first-order chi connectivity index (χ1) is 68.5. The summed E-state index contributed by atoms with van der Waals surface area (Å²) >= 11 is 0. The van der Waals surface area contributed by atoms with Crippen LogP contribution in [-0.2, 0) is 0 Å². The van der Waals surface area contributed by atoms with Crippen LogP contribution in [0, 0.1) is 0 Å². The molecule has 0 amide bonds. The molecule has 24 aromatic heterocycles. The number of pyridine rings is 15. The molecule has 642 valence electrons. The molecule has 30 aromatic rings. The van der Waals surface area contributed by atoms with Crippen LogP contribution in [0.5, 0.6) is 0 Å². The van der Waals surface area contributed by atoms with E-state index in [-0.39, 0.29) is 0 Å². The zero-order valence-electron chi connectivity index (χ0n) is 72.1. The molecule has 0 aliphatic rings. The third-order valence-corrected chi connectivity index (χ3v) is 25.3. The van der Waals surface area contributed by atoms with Gasteiger partial charge in [0.05, 0.1) is 16.6 Å². The molecule has 6 aromatic carbocycles. The first-order valence-electron chi connectivity index (χ1n) is 44.3. The SMILES string of the molecule is c1ccc2c(c1)cc(-c1nc(-n3c4ncccc4c4cccnc43)nc(-n3c4ncccc4c4cccnc43)n1)c1cccnc12.c1cnc2c(c1)cc(-c1nc(-n3c4ncccc4c4cccnc43)nc(-n3c4ncccc4c4cccnc43)n1)c1ccccc12.c1cnc2c(c1)ccc1c(-c3nc(-n4c5ncccc5c5cccnc54)nc(-n4c5ncccc5c5cccnc54)n3)cccc12. The normalized spacial score (nSPS) is 11.9. The van der Waals surface area contributed by atoms with Crippen LogP contribution in [0.25, 0.3) is 267 Å². The van der Waals surface area contributed by atoms with Crippen molar-refractivity contribution in [2.45, 2.75) is 0 Å². The molecule has 0 unspecified atom stereocenters. The van der Waals surface area contributed by atoms with Crippen molar-refractivity contribution in [3.05, 3.63) is 366 Å². The molecule has 24 heterocycles. The van der Waals surface area contributed by atoms with E-state index in [4.69, 9.17) is 120 Å². The van der Waals surface area contributed by atoms with Crippen molar-refractivity contribution in [1.82, 2.24) is 147 Å². The summed E-state index contributed by atoms with van der Waals surface area (Å²) < 4.78 is 11.4. The van der Waals surface area contributed by atoms with Gasteiger partial charge in [-0.3, -0.25) is 15.0 Å². The van der Waals surface area contributed by atoms with Gasteiger partial charge in [-0.05, 0) is 192 Å². The van der Waals surface area contributed by atoms with Crippen molar-refractivity contribution in [2.24, 2.45) is 0 Å². The lowest BCUT2D eigenvalue weighted by molar-refractivity contribution is 0.875. The molecule has 0 fully saturated rings. The van der Waals surface area contributed by atoms with Gasteiger partial charge in [0.25, 0.3) is 0 Å². The molecule has 0 N–H and O–H groups in total. The second kappa shape index (κ2) is 30.8. The summed E-state index contributed by atoms with van der Waals surface area (Å²) in [6, 6.07) is 90.5. The number of rotatable bonds is 9. The Bertz CT molecular complexity index is 9220. The number of fused-ring (bicyclic) bond motifs is 27. The van der Waals surface area contributed by atoms with Crippen LogP contribution in [0.15, 0.2) is 366 Å². The lowest BCUT2D eigenvalue weighted by Crippen LogP contribution is -2.11. The standard InChI is InChI=1S/3C36H20N10/c1-8-23-22(15-14-21-7-2-16-37-29(21)23)24(9-1)30-42-35(45-31-25(10-3-17-38-31)26-11-4-18-39-32(26)45)44-36(43-30)46-33-27(12-5-19-40-33)28-13-6-20-41-34(28)46;1-2-10-23-22(9-1)28(20-21-8-3-15-37-29(21)23)30-42-35(45-31-24(11-4-16-38-31)25-12-5-17-39-32(25)45)44-36(43-30)46-33-26(13-6-18-40-33)27-14-7-19-41-34(27)46;1-2-9-22-21(8-1)20-28(23-10-3-15-37-29(22)23)30-42-35(45-31-24(11-4-16-38-31)25-12-5-17-39-32(25)45)44-36(43-30)46-33-26(13-6-18-40-33)27-14-7-19-41-34(27)46/h3*1-20H. The Kier molecular flexibility index (Phi) is 17.1. The highest BCUT2D eigenvalue weighted by atomic mass is 15.3. The molecule has 30 heteroatoms. The van der Waals surface area contributed by atoms with E-state index >= 15 is 0 Å². The Morgan fingerprint density at radius 1 is 0.130 bits per heavy atom. The van der Waals surface area contributed by atoms with Gasteiger partial charge in [-0.2, -0.15) is 44.9 Å². The Balaban J connectivity index is 0.000000102. The van der Waals surface area contributed by atoms with Crippen molar-refractivity contribution in [3.63, 3.8) is 0 Å². The maximum atomic E-state index is 5.16. The fraction of sp³-hybridized carbons (Fsp3) is 0. The van der Waals surface area contributed by atoms with Crippen LogP contribution in [0.2, 0.25) is 0 Å². The molecular formula is C108H60N30. The van der Waals surface area contributed by atoms with Crippen LogP contribution in [0.4, 0.5) is 0 Å².